The standard InChI is InChI=1S/C18H19F2NOS.C7H13NO.CH5N/c1-3-23-21-17(12-22)18(19,20)16-10-8-15(9-11-16)14-6-4-13(2)5-7-14;1-8-4-2-7(6-9)3-5-8;1-2/h4-12,17,21H,3H2,1-2H3;6-7H,2-5H2,1H3;2H2,1H3. The normalized spacial score (nSPS) is 15.3. The molecule has 1 unspecified atom stereocenters. The van der Waals surface area contributed by atoms with E-state index < -0.39 is 12.0 Å². The molecule has 2 aromatic rings. The summed E-state index contributed by atoms with van der Waals surface area (Å²) in [5.41, 5.74) is 7.31. The second-order valence-corrected chi connectivity index (χ2v) is 9.11. The quantitative estimate of drug-likeness (QED) is 0.411. The number of nitrogens with two attached hydrogens (primary N) is 1. The first-order valence-corrected chi connectivity index (χ1v) is 12.4. The van der Waals surface area contributed by atoms with Crippen LogP contribution < -0.4 is 10.5 Å². The van der Waals surface area contributed by atoms with Crippen molar-refractivity contribution in [3.63, 3.8) is 0 Å². The zero-order chi connectivity index (χ0) is 25.6. The zero-order valence-corrected chi connectivity index (χ0v) is 21.3. The molecule has 3 rings (SSSR count). The van der Waals surface area contributed by atoms with Crippen molar-refractivity contribution in [1.29, 1.82) is 0 Å². The topological polar surface area (TPSA) is 75.4 Å². The van der Waals surface area contributed by atoms with Gasteiger partial charge in [0.2, 0.25) is 0 Å². The molecule has 3 N–H and O–H groups in total. The van der Waals surface area contributed by atoms with Crippen molar-refractivity contribution in [2.75, 3.05) is 32.9 Å². The lowest BCUT2D eigenvalue weighted by Gasteiger charge is -2.25. The molecule has 8 heteroatoms. The van der Waals surface area contributed by atoms with E-state index in [4.69, 9.17) is 0 Å². The van der Waals surface area contributed by atoms with E-state index >= 15 is 0 Å². The number of nitrogens with zero attached hydrogens (tertiary/aromatic N) is 1. The smallest absolute Gasteiger partial charge is 0.295 e. The van der Waals surface area contributed by atoms with Gasteiger partial charge in [-0.1, -0.05) is 73.0 Å². The molecule has 1 fully saturated rings. The molecule has 0 radical (unpaired) electrons. The first kappa shape index (κ1) is 29.9. The summed E-state index contributed by atoms with van der Waals surface area (Å²) < 4.78 is 31.4. The molecular weight excluding hydrogens is 456 g/mol. The minimum Gasteiger partial charge on any atom is -0.333 e. The molecule has 1 aliphatic heterocycles. The van der Waals surface area contributed by atoms with Gasteiger partial charge in [-0.2, -0.15) is 8.78 Å². The fourth-order valence-corrected chi connectivity index (χ4v) is 3.89. The Kier molecular flexibility index (Phi) is 13.8. The van der Waals surface area contributed by atoms with Gasteiger partial charge in [-0.3, -0.25) is 0 Å². The van der Waals surface area contributed by atoms with Gasteiger partial charge in [-0.15, -0.1) is 0 Å². The minimum absolute atomic E-state index is 0.172. The monoisotopic (exact) mass is 493 g/mol. The Bertz CT molecular complexity index is 840. The van der Waals surface area contributed by atoms with Crippen LogP contribution in [0, 0.1) is 12.8 Å². The Morgan fingerprint density at radius 2 is 1.56 bits per heavy atom. The average Bonchev–Trinajstić information content (AvgIpc) is 2.87. The number of alkyl halides is 2. The second-order valence-electron chi connectivity index (χ2n) is 8.01. The molecule has 5 nitrogen and oxygen atoms in total. The molecule has 1 aliphatic rings. The summed E-state index contributed by atoms with van der Waals surface area (Å²) in [6.45, 7) is 6.00. The number of rotatable bonds is 8. The highest BCUT2D eigenvalue weighted by Gasteiger charge is 2.41. The van der Waals surface area contributed by atoms with Crippen molar-refractivity contribution in [2.24, 2.45) is 11.7 Å². The van der Waals surface area contributed by atoms with Gasteiger partial charge in [-0.05, 0) is 58.1 Å². The third-order valence-electron chi connectivity index (χ3n) is 5.49. The number of carbonyl (C=O) groups excluding carboxylic acids is 2. The average molecular weight is 494 g/mol. The van der Waals surface area contributed by atoms with Gasteiger partial charge in [0.1, 0.15) is 18.6 Å². The first-order chi connectivity index (χ1) is 16.3. The first-order valence-electron chi connectivity index (χ1n) is 11.4. The third kappa shape index (κ3) is 9.25. The molecular formula is C26H37F2N3O2S. The number of hydrogen-bond donors (Lipinski definition) is 2. The largest absolute Gasteiger partial charge is 0.333 e. The summed E-state index contributed by atoms with van der Waals surface area (Å²) in [6.07, 6.45) is 3.46. The second kappa shape index (κ2) is 15.7. The van der Waals surface area contributed by atoms with Crippen LogP contribution in [0.15, 0.2) is 48.5 Å². The molecule has 0 spiro atoms. The molecule has 1 atom stereocenters. The van der Waals surface area contributed by atoms with Gasteiger partial charge < -0.3 is 20.2 Å². The van der Waals surface area contributed by atoms with Crippen LogP contribution in [0.1, 0.15) is 30.9 Å². The number of carbonyl (C=O) groups is 2. The van der Waals surface area contributed by atoms with Crippen molar-refractivity contribution < 1.29 is 18.4 Å². The van der Waals surface area contributed by atoms with E-state index in [1.54, 1.807) is 12.1 Å². The number of aryl methyl sites for hydroxylation is 1. The number of piperidine rings is 1. The van der Waals surface area contributed by atoms with Crippen molar-refractivity contribution in [3.8, 4) is 11.1 Å². The number of hydrogen-bond acceptors (Lipinski definition) is 6. The van der Waals surface area contributed by atoms with E-state index in [1.165, 1.54) is 19.2 Å². The number of benzene rings is 2. The molecule has 0 bridgehead atoms. The Morgan fingerprint density at radius 1 is 1.06 bits per heavy atom. The lowest BCUT2D eigenvalue weighted by atomic mass is 9.98. The maximum atomic E-state index is 14.4. The third-order valence-corrected chi connectivity index (χ3v) is 6.20. The van der Waals surface area contributed by atoms with Crippen LogP contribution in [0.3, 0.4) is 0 Å². The fourth-order valence-electron chi connectivity index (χ4n) is 3.34. The highest BCUT2D eigenvalue weighted by molar-refractivity contribution is 7.97. The van der Waals surface area contributed by atoms with E-state index in [2.05, 4.69) is 22.4 Å². The molecule has 0 amide bonds. The number of nitrogens with one attached hydrogen (secondary N) is 1. The molecule has 1 heterocycles. The zero-order valence-electron chi connectivity index (χ0n) is 20.5. The highest BCUT2D eigenvalue weighted by Crippen LogP contribution is 2.33. The van der Waals surface area contributed by atoms with Gasteiger partial charge in [0.05, 0.1) is 0 Å². The molecule has 188 valence electrons. The van der Waals surface area contributed by atoms with E-state index in [9.17, 15) is 18.4 Å². The Labute approximate surface area is 206 Å². The van der Waals surface area contributed by atoms with Crippen molar-refractivity contribution in [3.05, 3.63) is 59.7 Å². The molecule has 0 aliphatic carbocycles. The summed E-state index contributed by atoms with van der Waals surface area (Å²) in [5.74, 6) is -2.30. The summed E-state index contributed by atoms with van der Waals surface area (Å²) in [6, 6.07) is 12.4. The van der Waals surface area contributed by atoms with Crippen LogP contribution in [-0.2, 0) is 15.5 Å². The van der Waals surface area contributed by atoms with E-state index in [-0.39, 0.29) is 11.8 Å². The van der Waals surface area contributed by atoms with Crippen LogP contribution in [0.5, 0.6) is 0 Å². The lowest BCUT2D eigenvalue weighted by Crippen LogP contribution is -2.41. The molecule has 1 saturated heterocycles. The number of halogens is 2. The van der Waals surface area contributed by atoms with Crippen LogP contribution >= 0.6 is 11.9 Å². The fraction of sp³-hybridized carbons (Fsp3) is 0.462. The Balaban J connectivity index is 0.000000437. The highest BCUT2D eigenvalue weighted by atomic mass is 32.2. The van der Waals surface area contributed by atoms with Crippen LogP contribution in [0.2, 0.25) is 0 Å². The van der Waals surface area contributed by atoms with Gasteiger partial charge >= 0.3 is 0 Å². The summed E-state index contributed by atoms with van der Waals surface area (Å²) in [5, 5.41) is 0. The van der Waals surface area contributed by atoms with Crippen molar-refractivity contribution in [1.82, 2.24) is 9.62 Å². The van der Waals surface area contributed by atoms with Gasteiger partial charge in [-0.25, -0.2) is 4.72 Å². The molecule has 0 saturated carbocycles. The summed E-state index contributed by atoms with van der Waals surface area (Å²) in [7, 11) is 3.60. The van der Waals surface area contributed by atoms with Gasteiger partial charge in [0.15, 0.2) is 0 Å². The molecule has 2 aromatic carbocycles. The number of aldehydes is 2. The van der Waals surface area contributed by atoms with Crippen LogP contribution in [0.4, 0.5) is 8.78 Å². The van der Waals surface area contributed by atoms with Crippen molar-refractivity contribution >= 4 is 24.5 Å². The van der Waals surface area contributed by atoms with E-state index in [0.29, 0.717) is 11.7 Å². The SMILES string of the molecule is CCSNC(C=O)C(F)(F)c1ccc(-c2ccc(C)cc2)cc1.CN.CN1CCC(C=O)CC1. The minimum atomic E-state index is -3.25. The van der Waals surface area contributed by atoms with Crippen LogP contribution in [0.25, 0.3) is 11.1 Å². The van der Waals surface area contributed by atoms with Crippen molar-refractivity contribution in [2.45, 2.75) is 38.7 Å². The molecule has 0 aromatic heterocycles. The number of likely N-dealkylation sites (tertiary alicyclic amines) is 1. The summed E-state index contributed by atoms with van der Waals surface area (Å²) >= 11 is 1.10. The van der Waals surface area contributed by atoms with Crippen LogP contribution in [-0.4, -0.2) is 56.5 Å². The van der Waals surface area contributed by atoms with E-state index in [0.717, 1.165) is 60.9 Å². The van der Waals surface area contributed by atoms with E-state index in [1.807, 2.05) is 38.1 Å². The summed E-state index contributed by atoms with van der Waals surface area (Å²) in [4.78, 5) is 23.5. The Morgan fingerprint density at radius 3 is 2.00 bits per heavy atom. The molecule has 34 heavy (non-hydrogen) atoms. The lowest BCUT2D eigenvalue weighted by molar-refractivity contribution is -0.119. The maximum Gasteiger partial charge on any atom is 0.295 e. The Hall–Kier alpha value is -2.13. The predicted octanol–water partition coefficient (Wildman–Crippen LogP) is 4.68. The van der Waals surface area contributed by atoms with Gasteiger partial charge in [0, 0.05) is 17.2 Å². The predicted molar refractivity (Wildman–Crippen MR) is 138 cm³/mol. The van der Waals surface area contributed by atoms with Gasteiger partial charge in [0.25, 0.3) is 5.92 Å². The maximum absolute atomic E-state index is 14.4.